The van der Waals surface area contributed by atoms with E-state index in [0.29, 0.717) is 5.88 Å². The quantitative estimate of drug-likeness (QED) is 0.790. The van der Waals surface area contributed by atoms with E-state index in [0.717, 1.165) is 18.6 Å². The van der Waals surface area contributed by atoms with Gasteiger partial charge >= 0.3 is 0 Å². The highest BCUT2D eigenvalue weighted by molar-refractivity contribution is 8.00. The molecule has 1 heterocycles. The molecule has 1 amide bonds. The third-order valence-corrected chi connectivity index (χ3v) is 4.58. The first-order chi connectivity index (χ1) is 7.45. The Bertz CT molecular complexity index is 234. The van der Waals surface area contributed by atoms with Crippen molar-refractivity contribution in [2.45, 2.75) is 51.3 Å². The van der Waals surface area contributed by atoms with Crippen molar-refractivity contribution in [3.05, 3.63) is 0 Å². The minimum atomic E-state index is 0.0772. The second-order valence-electron chi connectivity index (χ2n) is 5.41. The van der Waals surface area contributed by atoms with Crippen molar-refractivity contribution in [1.29, 1.82) is 0 Å². The molecule has 94 valence electrons. The molecular weight excluding hydrogens is 242 g/mol. The van der Waals surface area contributed by atoms with Crippen LogP contribution in [-0.4, -0.2) is 28.8 Å². The van der Waals surface area contributed by atoms with Crippen molar-refractivity contribution < 1.29 is 4.79 Å². The van der Waals surface area contributed by atoms with Crippen LogP contribution >= 0.6 is 23.4 Å². The number of hydrogen-bond donors (Lipinski definition) is 1. The standard InChI is InChI=1S/C12H22ClNOS/c1-12(2,3)10(6-7-13)14-11(15)9-5-4-8-16-9/h9-10H,4-8H2,1-3H3,(H,14,15). The summed E-state index contributed by atoms with van der Waals surface area (Å²) in [4.78, 5) is 12.0. The van der Waals surface area contributed by atoms with Crippen molar-refractivity contribution in [3.63, 3.8) is 0 Å². The Balaban J connectivity index is 2.50. The van der Waals surface area contributed by atoms with Gasteiger partial charge in [0.2, 0.25) is 5.91 Å². The first kappa shape index (κ1) is 14.2. The van der Waals surface area contributed by atoms with Gasteiger partial charge in [0.05, 0.1) is 5.25 Å². The van der Waals surface area contributed by atoms with Gasteiger partial charge in [0.15, 0.2) is 0 Å². The fraction of sp³-hybridized carbons (Fsp3) is 0.917. The summed E-state index contributed by atoms with van der Waals surface area (Å²) in [7, 11) is 0. The molecule has 16 heavy (non-hydrogen) atoms. The van der Waals surface area contributed by atoms with Crippen LogP contribution in [0.3, 0.4) is 0 Å². The van der Waals surface area contributed by atoms with Crippen LogP contribution in [0.25, 0.3) is 0 Å². The molecule has 0 bridgehead atoms. The molecule has 0 aliphatic carbocycles. The van der Waals surface area contributed by atoms with Crippen molar-refractivity contribution in [1.82, 2.24) is 5.32 Å². The number of alkyl halides is 1. The first-order valence-electron chi connectivity index (χ1n) is 5.93. The Morgan fingerprint density at radius 2 is 2.25 bits per heavy atom. The molecule has 0 radical (unpaired) electrons. The van der Waals surface area contributed by atoms with E-state index in [2.05, 4.69) is 26.1 Å². The molecule has 1 fully saturated rings. The topological polar surface area (TPSA) is 29.1 Å². The molecule has 4 heteroatoms. The Morgan fingerprint density at radius 1 is 1.56 bits per heavy atom. The van der Waals surface area contributed by atoms with E-state index >= 15 is 0 Å². The van der Waals surface area contributed by atoms with E-state index in [9.17, 15) is 4.79 Å². The predicted molar refractivity (Wildman–Crippen MR) is 72.2 cm³/mol. The first-order valence-corrected chi connectivity index (χ1v) is 7.51. The highest BCUT2D eigenvalue weighted by Crippen LogP contribution is 2.28. The molecule has 0 aromatic carbocycles. The number of nitrogens with one attached hydrogen (secondary N) is 1. The molecule has 0 saturated carbocycles. The molecule has 2 nitrogen and oxygen atoms in total. The van der Waals surface area contributed by atoms with Gasteiger partial charge in [-0.2, -0.15) is 0 Å². The van der Waals surface area contributed by atoms with Gasteiger partial charge in [0.1, 0.15) is 0 Å². The van der Waals surface area contributed by atoms with Gasteiger partial charge in [0.25, 0.3) is 0 Å². The lowest BCUT2D eigenvalue weighted by Gasteiger charge is -2.31. The molecular formula is C12H22ClNOS. The summed E-state index contributed by atoms with van der Waals surface area (Å²) in [5.74, 6) is 1.92. The maximum atomic E-state index is 12.0. The second-order valence-corrected chi connectivity index (χ2v) is 7.10. The molecule has 1 saturated heterocycles. The van der Waals surface area contributed by atoms with Crippen LogP contribution < -0.4 is 5.32 Å². The van der Waals surface area contributed by atoms with Crippen molar-refractivity contribution in [2.75, 3.05) is 11.6 Å². The van der Waals surface area contributed by atoms with E-state index < -0.39 is 0 Å². The van der Waals surface area contributed by atoms with E-state index in [1.807, 2.05) is 0 Å². The summed E-state index contributed by atoms with van der Waals surface area (Å²) in [6.07, 6.45) is 3.03. The number of hydrogen-bond acceptors (Lipinski definition) is 2. The zero-order valence-corrected chi connectivity index (χ0v) is 12.0. The lowest BCUT2D eigenvalue weighted by molar-refractivity contribution is -0.122. The van der Waals surface area contributed by atoms with Crippen molar-refractivity contribution in [2.24, 2.45) is 5.41 Å². The SMILES string of the molecule is CC(C)(C)C(CCCl)NC(=O)C1CCCS1. The molecule has 2 unspecified atom stereocenters. The van der Waals surface area contributed by atoms with Crippen LogP contribution in [0.4, 0.5) is 0 Å². The zero-order chi connectivity index (χ0) is 12.2. The van der Waals surface area contributed by atoms with Gasteiger partial charge in [-0.15, -0.1) is 23.4 Å². The summed E-state index contributed by atoms with van der Waals surface area (Å²) in [5, 5.41) is 3.32. The minimum Gasteiger partial charge on any atom is -0.352 e. The Hall–Kier alpha value is 0.110. The van der Waals surface area contributed by atoms with Gasteiger partial charge in [-0.3, -0.25) is 4.79 Å². The van der Waals surface area contributed by atoms with Gasteiger partial charge in [-0.25, -0.2) is 0 Å². The lowest BCUT2D eigenvalue weighted by Crippen LogP contribution is -2.46. The summed E-state index contributed by atoms with van der Waals surface area (Å²) >= 11 is 7.57. The highest BCUT2D eigenvalue weighted by Gasteiger charge is 2.30. The Kier molecular flexibility index (Phi) is 5.45. The predicted octanol–water partition coefficient (Wildman–Crippen LogP) is 3.04. The third kappa shape index (κ3) is 4.17. The normalized spacial score (nSPS) is 23.1. The van der Waals surface area contributed by atoms with Gasteiger partial charge in [-0.05, 0) is 30.4 Å². The van der Waals surface area contributed by atoms with E-state index in [-0.39, 0.29) is 22.6 Å². The van der Waals surface area contributed by atoms with Crippen LogP contribution in [0.5, 0.6) is 0 Å². The average Bonchev–Trinajstić information content (AvgIpc) is 2.68. The highest BCUT2D eigenvalue weighted by atomic mass is 35.5. The fourth-order valence-electron chi connectivity index (χ4n) is 1.88. The second kappa shape index (κ2) is 6.15. The molecule has 2 atom stereocenters. The monoisotopic (exact) mass is 263 g/mol. The number of thioether (sulfide) groups is 1. The average molecular weight is 264 g/mol. The van der Waals surface area contributed by atoms with E-state index in [1.165, 1.54) is 6.42 Å². The number of carbonyl (C=O) groups is 1. The molecule has 1 N–H and O–H groups in total. The lowest BCUT2D eigenvalue weighted by atomic mass is 9.85. The molecule has 1 aliphatic heterocycles. The minimum absolute atomic E-state index is 0.0772. The number of halogens is 1. The van der Waals surface area contributed by atoms with Gasteiger partial charge < -0.3 is 5.32 Å². The van der Waals surface area contributed by atoms with Crippen LogP contribution in [-0.2, 0) is 4.79 Å². The van der Waals surface area contributed by atoms with Crippen molar-refractivity contribution in [3.8, 4) is 0 Å². The number of rotatable bonds is 4. The molecule has 1 rings (SSSR count). The fourth-order valence-corrected chi connectivity index (χ4v) is 3.27. The van der Waals surface area contributed by atoms with Crippen molar-refractivity contribution >= 4 is 29.3 Å². The third-order valence-electron chi connectivity index (χ3n) is 2.98. The van der Waals surface area contributed by atoms with E-state index in [4.69, 9.17) is 11.6 Å². The Labute approximate surface area is 108 Å². The number of carbonyl (C=O) groups excluding carboxylic acids is 1. The van der Waals surface area contributed by atoms with Crippen LogP contribution in [0.2, 0.25) is 0 Å². The Morgan fingerprint density at radius 3 is 2.69 bits per heavy atom. The van der Waals surface area contributed by atoms with Crippen LogP contribution in [0, 0.1) is 5.41 Å². The summed E-state index contributed by atoms with van der Waals surface area (Å²) in [6, 6.07) is 0.179. The maximum absolute atomic E-state index is 12.0. The summed E-state index contributed by atoms with van der Waals surface area (Å²) < 4.78 is 0. The zero-order valence-electron chi connectivity index (χ0n) is 10.4. The smallest absolute Gasteiger partial charge is 0.233 e. The molecule has 0 aromatic rings. The maximum Gasteiger partial charge on any atom is 0.233 e. The van der Waals surface area contributed by atoms with E-state index in [1.54, 1.807) is 11.8 Å². The molecule has 0 spiro atoms. The largest absolute Gasteiger partial charge is 0.352 e. The van der Waals surface area contributed by atoms with Gasteiger partial charge in [-0.1, -0.05) is 20.8 Å². The summed E-state index contributed by atoms with van der Waals surface area (Å²) in [6.45, 7) is 6.44. The summed E-state index contributed by atoms with van der Waals surface area (Å²) in [5.41, 5.74) is 0.0772. The molecule has 0 aromatic heterocycles. The van der Waals surface area contributed by atoms with Gasteiger partial charge in [0, 0.05) is 11.9 Å². The van der Waals surface area contributed by atoms with Crippen LogP contribution in [0.1, 0.15) is 40.0 Å². The number of amides is 1. The van der Waals surface area contributed by atoms with Crippen LogP contribution in [0.15, 0.2) is 0 Å². The molecule has 1 aliphatic rings.